The van der Waals surface area contributed by atoms with Crippen LogP contribution in [0.15, 0.2) is 11.6 Å². The standard InChI is InChI=1S/C12H21Cl/c1-3-5-10(2)8-11-6-4-7-12(13)9-11/h9-10,12H,3-8H2,1-2H3. The molecule has 1 aliphatic rings. The van der Waals surface area contributed by atoms with E-state index in [1.165, 1.54) is 38.5 Å². The molecule has 1 rings (SSSR count). The van der Waals surface area contributed by atoms with Gasteiger partial charge in [-0.3, -0.25) is 0 Å². The topological polar surface area (TPSA) is 0 Å². The van der Waals surface area contributed by atoms with Crippen LogP contribution in [0.2, 0.25) is 0 Å². The first-order chi connectivity index (χ1) is 6.22. The Morgan fingerprint density at radius 2 is 2.38 bits per heavy atom. The summed E-state index contributed by atoms with van der Waals surface area (Å²) in [4.78, 5) is 0. The third kappa shape index (κ3) is 4.17. The molecule has 0 N–H and O–H groups in total. The molecule has 0 aliphatic heterocycles. The molecule has 0 aromatic rings. The highest BCUT2D eigenvalue weighted by Gasteiger charge is 2.12. The normalized spacial score (nSPS) is 25.5. The number of halogens is 1. The van der Waals surface area contributed by atoms with Crippen molar-refractivity contribution < 1.29 is 0 Å². The molecular weight excluding hydrogens is 180 g/mol. The molecule has 0 nitrogen and oxygen atoms in total. The first kappa shape index (κ1) is 11.1. The molecule has 2 atom stereocenters. The maximum absolute atomic E-state index is 6.10. The van der Waals surface area contributed by atoms with Crippen LogP contribution < -0.4 is 0 Å². The Labute approximate surface area is 87.4 Å². The predicted molar refractivity (Wildman–Crippen MR) is 60.3 cm³/mol. The van der Waals surface area contributed by atoms with E-state index in [2.05, 4.69) is 19.9 Å². The fourth-order valence-corrected chi connectivity index (χ4v) is 2.49. The molecule has 0 spiro atoms. The van der Waals surface area contributed by atoms with Crippen LogP contribution >= 0.6 is 11.6 Å². The van der Waals surface area contributed by atoms with Crippen LogP contribution in [0.4, 0.5) is 0 Å². The van der Waals surface area contributed by atoms with Gasteiger partial charge in [0.25, 0.3) is 0 Å². The van der Waals surface area contributed by atoms with E-state index in [9.17, 15) is 0 Å². The summed E-state index contributed by atoms with van der Waals surface area (Å²) in [6.07, 6.45) is 9.97. The van der Waals surface area contributed by atoms with Crippen LogP contribution in [0.1, 0.15) is 52.4 Å². The average molecular weight is 201 g/mol. The first-order valence-electron chi connectivity index (χ1n) is 5.56. The predicted octanol–water partition coefficient (Wildman–Crippen LogP) is 4.53. The minimum atomic E-state index is 0.317. The summed E-state index contributed by atoms with van der Waals surface area (Å²) in [5.41, 5.74) is 1.60. The van der Waals surface area contributed by atoms with E-state index in [0.717, 1.165) is 5.92 Å². The van der Waals surface area contributed by atoms with Gasteiger partial charge in [0.05, 0.1) is 5.38 Å². The molecule has 0 radical (unpaired) electrons. The van der Waals surface area contributed by atoms with Gasteiger partial charge in [-0.2, -0.15) is 0 Å². The Morgan fingerprint density at radius 1 is 1.62 bits per heavy atom. The fourth-order valence-electron chi connectivity index (χ4n) is 2.16. The van der Waals surface area contributed by atoms with E-state index in [-0.39, 0.29) is 0 Å². The van der Waals surface area contributed by atoms with Gasteiger partial charge in [0, 0.05) is 0 Å². The summed E-state index contributed by atoms with van der Waals surface area (Å²) >= 11 is 6.10. The van der Waals surface area contributed by atoms with Gasteiger partial charge < -0.3 is 0 Å². The Balaban J connectivity index is 2.34. The van der Waals surface area contributed by atoms with Gasteiger partial charge in [-0.05, 0) is 31.6 Å². The summed E-state index contributed by atoms with van der Waals surface area (Å²) in [7, 11) is 0. The van der Waals surface area contributed by atoms with Crippen molar-refractivity contribution in [1.29, 1.82) is 0 Å². The molecule has 2 unspecified atom stereocenters. The molecule has 0 amide bonds. The van der Waals surface area contributed by atoms with Crippen molar-refractivity contribution in [2.45, 2.75) is 57.7 Å². The van der Waals surface area contributed by atoms with Crippen LogP contribution in [0.25, 0.3) is 0 Å². The van der Waals surface area contributed by atoms with E-state index in [0.29, 0.717) is 5.38 Å². The zero-order chi connectivity index (χ0) is 9.68. The van der Waals surface area contributed by atoms with E-state index in [1.54, 1.807) is 5.57 Å². The maximum atomic E-state index is 6.10. The van der Waals surface area contributed by atoms with E-state index < -0.39 is 0 Å². The van der Waals surface area contributed by atoms with Crippen LogP contribution in [-0.2, 0) is 0 Å². The second kappa shape index (κ2) is 5.70. The van der Waals surface area contributed by atoms with Crippen molar-refractivity contribution in [3.8, 4) is 0 Å². The van der Waals surface area contributed by atoms with Gasteiger partial charge in [0.15, 0.2) is 0 Å². The van der Waals surface area contributed by atoms with Crippen molar-refractivity contribution in [2.75, 3.05) is 0 Å². The Bertz CT molecular complexity index is 172. The molecule has 0 aromatic carbocycles. The van der Waals surface area contributed by atoms with Crippen molar-refractivity contribution in [2.24, 2.45) is 5.92 Å². The van der Waals surface area contributed by atoms with Gasteiger partial charge in [-0.15, -0.1) is 11.6 Å². The zero-order valence-corrected chi connectivity index (χ0v) is 9.61. The van der Waals surface area contributed by atoms with Crippen molar-refractivity contribution in [3.05, 3.63) is 11.6 Å². The number of rotatable bonds is 4. The van der Waals surface area contributed by atoms with E-state index in [1.807, 2.05) is 0 Å². The van der Waals surface area contributed by atoms with Gasteiger partial charge in [-0.1, -0.05) is 38.3 Å². The van der Waals surface area contributed by atoms with Gasteiger partial charge in [0.2, 0.25) is 0 Å². The summed E-state index contributed by atoms with van der Waals surface area (Å²) in [5.74, 6) is 0.846. The Morgan fingerprint density at radius 3 is 3.00 bits per heavy atom. The lowest BCUT2D eigenvalue weighted by molar-refractivity contribution is 0.502. The molecule has 0 saturated carbocycles. The molecule has 13 heavy (non-hydrogen) atoms. The van der Waals surface area contributed by atoms with Crippen molar-refractivity contribution in [3.63, 3.8) is 0 Å². The molecule has 1 aliphatic carbocycles. The molecular formula is C12H21Cl. The molecule has 0 bridgehead atoms. The highest BCUT2D eigenvalue weighted by molar-refractivity contribution is 6.21. The monoisotopic (exact) mass is 200 g/mol. The Hall–Kier alpha value is 0.0300. The zero-order valence-electron chi connectivity index (χ0n) is 8.85. The summed E-state index contributed by atoms with van der Waals surface area (Å²) in [6, 6.07) is 0. The van der Waals surface area contributed by atoms with Crippen molar-refractivity contribution >= 4 is 11.6 Å². The molecule has 0 aromatic heterocycles. The fraction of sp³-hybridized carbons (Fsp3) is 0.833. The molecule has 0 saturated heterocycles. The van der Waals surface area contributed by atoms with Crippen LogP contribution in [-0.4, -0.2) is 5.38 Å². The largest absolute Gasteiger partial charge is 0.118 e. The van der Waals surface area contributed by atoms with Gasteiger partial charge >= 0.3 is 0 Å². The summed E-state index contributed by atoms with van der Waals surface area (Å²) in [6.45, 7) is 4.61. The first-order valence-corrected chi connectivity index (χ1v) is 5.99. The molecule has 1 heteroatoms. The molecule has 76 valence electrons. The maximum Gasteiger partial charge on any atom is 0.0518 e. The lowest BCUT2D eigenvalue weighted by Gasteiger charge is -2.19. The number of hydrogen-bond acceptors (Lipinski definition) is 0. The van der Waals surface area contributed by atoms with E-state index in [4.69, 9.17) is 11.6 Å². The van der Waals surface area contributed by atoms with Gasteiger partial charge in [0.1, 0.15) is 0 Å². The third-order valence-electron chi connectivity index (χ3n) is 2.79. The average Bonchev–Trinajstić information content (AvgIpc) is 2.04. The summed E-state index contributed by atoms with van der Waals surface area (Å²) in [5, 5.41) is 0.317. The molecule has 0 heterocycles. The lowest BCUT2D eigenvalue weighted by Crippen LogP contribution is -2.06. The smallest absolute Gasteiger partial charge is 0.0518 e. The second-order valence-corrected chi connectivity index (χ2v) is 4.89. The van der Waals surface area contributed by atoms with Crippen LogP contribution in [0, 0.1) is 5.92 Å². The minimum absolute atomic E-state index is 0.317. The number of allylic oxidation sites excluding steroid dienone is 2. The van der Waals surface area contributed by atoms with Gasteiger partial charge in [-0.25, -0.2) is 0 Å². The SMILES string of the molecule is CCCC(C)CC1=CC(Cl)CCC1. The quantitative estimate of drug-likeness (QED) is 0.462. The number of alkyl halides is 1. The number of hydrogen-bond donors (Lipinski definition) is 0. The highest BCUT2D eigenvalue weighted by atomic mass is 35.5. The lowest BCUT2D eigenvalue weighted by atomic mass is 9.90. The van der Waals surface area contributed by atoms with Crippen molar-refractivity contribution in [1.82, 2.24) is 0 Å². The van der Waals surface area contributed by atoms with E-state index >= 15 is 0 Å². The highest BCUT2D eigenvalue weighted by Crippen LogP contribution is 2.27. The van der Waals surface area contributed by atoms with Crippen LogP contribution in [0.5, 0.6) is 0 Å². The van der Waals surface area contributed by atoms with Crippen LogP contribution in [0.3, 0.4) is 0 Å². The molecule has 0 fully saturated rings. The Kier molecular flexibility index (Phi) is 4.87. The summed E-state index contributed by atoms with van der Waals surface area (Å²) < 4.78 is 0. The third-order valence-corrected chi connectivity index (χ3v) is 3.13. The minimum Gasteiger partial charge on any atom is -0.118 e. The second-order valence-electron chi connectivity index (χ2n) is 4.33.